The van der Waals surface area contributed by atoms with Crippen LogP contribution in [0.25, 0.3) is 0 Å². The van der Waals surface area contributed by atoms with Gasteiger partial charge in [-0.05, 0) is 48.0 Å². The number of carbonyl (C=O) groups excluding carboxylic acids is 1. The fourth-order valence-electron chi connectivity index (χ4n) is 3.83. The second-order valence-electron chi connectivity index (χ2n) is 7.67. The number of nitrogens with one attached hydrogen (secondary N) is 2. The predicted molar refractivity (Wildman–Crippen MR) is 131 cm³/mol. The van der Waals surface area contributed by atoms with Gasteiger partial charge in [-0.15, -0.1) is 4.99 Å². The monoisotopic (exact) mass is 476 g/mol. The van der Waals surface area contributed by atoms with Gasteiger partial charge < -0.3 is 20.4 Å². The van der Waals surface area contributed by atoms with E-state index in [2.05, 4.69) is 15.6 Å². The fourth-order valence-corrected chi connectivity index (χ4v) is 3.95. The highest BCUT2D eigenvalue weighted by Crippen LogP contribution is 2.27. The van der Waals surface area contributed by atoms with E-state index in [0.29, 0.717) is 42.0 Å². The van der Waals surface area contributed by atoms with Crippen molar-refractivity contribution < 1.29 is 9.18 Å². The van der Waals surface area contributed by atoms with E-state index in [1.807, 2.05) is 41.4 Å². The highest BCUT2D eigenvalue weighted by Gasteiger charge is 2.33. The minimum absolute atomic E-state index is 0.243. The standard InChI is InChI=1S/C25H22ClFN6O/c26-19-9-11-21(12-10-19)31-25(34)33-14-13-32(16-23(33)18-5-2-1-3-6-18)24(29-17-28)30-22-8-4-7-20(27)15-22/h1-12,15,23H,13-14,16H2,(H,29,30)(H,31,34). The molecule has 1 atom stereocenters. The lowest BCUT2D eigenvalue weighted by atomic mass is 10.0. The number of halogens is 2. The molecule has 1 aliphatic heterocycles. The zero-order chi connectivity index (χ0) is 23.9. The Morgan fingerprint density at radius 1 is 1.00 bits per heavy atom. The second-order valence-corrected chi connectivity index (χ2v) is 8.11. The first-order valence-corrected chi connectivity index (χ1v) is 11.0. The van der Waals surface area contributed by atoms with Gasteiger partial charge in [0, 0.05) is 36.0 Å². The minimum Gasteiger partial charge on any atom is -0.338 e. The van der Waals surface area contributed by atoms with Gasteiger partial charge in [-0.2, -0.15) is 5.26 Å². The van der Waals surface area contributed by atoms with Gasteiger partial charge in [-0.1, -0.05) is 48.0 Å². The molecule has 0 saturated carbocycles. The van der Waals surface area contributed by atoms with Gasteiger partial charge in [-0.25, -0.2) is 9.18 Å². The van der Waals surface area contributed by atoms with Crippen molar-refractivity contribution in [3.63, 3.8) is 0 Å². The lowest BCUT2D eigenvalue weighted by molar-refractivity contribution is 0.136. The number of amides is 2. The van der Waals surface area contributed by atoms with E-state index in [0.717, 1.165) is 5.56 Å². The molecule has 2 N–H and O–H groups in total. The van der Waals surface area contributed by atoms with Crippen LogP contribution in [0.2, 0.25) is 5.02 Å². The van der Waals surface area contributed by atoms with Gasteiger partial charge in [0.15, 0.2) is 0 Å². The van der Waals surface area contributed by atoms with Crippen LogP contribution in [0.15, 0.2) is 83.9 Å². The number of guanidine groups is 1. The highest BCUT2D eigenvalue weighted by atomic mass is 35.5. The number of nitriles is 1. The van der Waals surface area contributed by atoms with Crippen LogP contribution in [0.3, 0.4) is 0 Å². The Bertz CT molecular complexity index is 1210. The van der Waals surface area contributed by atoms with Gasteiger partial charge in [0.25, 0.3) is 0 Å². The maximum atomic E-state index is 13.7. The van der Waals surface area contributed by atoms with E-state index in [4.69, 9.17) is 11.6 Å². The summed E-state index contributed by atoms with van der Waals surface area (Å²) in [6.45, 7) is 1.20. The Balaban J connectivity index is 1.57. The number of piperazine rings is 1. The number of nitrogens with zero attached hydrogens (tertiary/aromatic N) is 4. The van der Waals surface area contributed by atoms with Crippen molar-refractivity contribution in [2.45, 2.75) is 6.04 Å². The molecular weight excluding hydrogens is 455 g/mol. The molecule has 0 aromatic heterocycles. The van der Waals surface area contributed by atoms with Gasteiger partial charge in [0.2, 0.25) is 12.2 Å². The van der Waals surface area contributed by atoms with E-state index in [1.54, 1.807) is 41.3 Å². The SMILES string of the molecule is N#C/N=C(/Nc1cccc(F)c1)N1CCN(C(=O)Nc2ccc(Cl)cc2)C(c2ccccc2)C1. The average Bonchev–Trinajstić information content (AvgIpc) is 2.85. The summed E-state index contributed by atoms with van der Waals surface area (Å²) in [4.78, 5) is 20.8. The smallest absolute Gasteiger partial charge is 0.322 e. The number of aliphatic imine (C=N–C) groups is 1. The molecule has 0 radical (unpaired) electrons. The molecular formula is C25H22ClFN6O. The number of rotatable bonds is 3. The van der Waals surface area contributed by atoms with Crippen molar-refractivity contribution in [1.29, 1.82) is 5.26 Å². The molecule has 7 nitrogen and oxygen atoms in total. The van der Waals surface area contributed by atoms with Crippen LogP contribution in [0.1, 0.15) is 11.6 Å². The zero-order valence-electron chi connectivity index (χ0n) is 18.2. The lowest BCUT2D eigenvalue weighted by Gasteiger charge is -2.42. The largest absolute Gasteiger partial charge is 0.338 e. The molecule has 1 fully saturated rings. The Labute approximate surface area is 202 Å². The van der Waals surface area contributed by atoms with Crippen LogP contribution in [0.5, 0.6) is 0 Å². The van der Waals surface area contributed by atoms with Crippen LogP contribution in [-0.2, 0) is 0 Å². The van der Waals surface area contributed by atoms with Crippen LogP contribution in [0, 0.1) is 17.3 Å². The molecule has 1 unspecified atom stereocenters. The molecule has 1 aliphatic rings. The van der Waals surface area contributed by atoms with Gasteiger partial charge in [0.05, 0.1) is 6.04 Å². The number of urea groups is 1. The Hall–Kier alpha value is -4.09. The molecule has 3 aromatic carbocycles. The van der Waals surface area contributed by atoms with Crippen molar-refractivity contribution in [3.05, 3.63) is 95.3 Å². The van der Waals surface area contributed by atoms with Crippen LogP contribution in [-0.4, -0.2) is 41.4 Å². The first-order valence-electron chi connectivity index (χ1n) is 10.7. The third kappa shape index (κ3) is 5.63. The maximum absolute atomic E-state index is 13.7. The summed E-state index contributed by atoms with van der Waals surface area (Å²) >= 11 is 5.95. The summed E-state index contributed by atoms with van der Waals surface area (Å²) < 4.78 is 13.7. The number of benzene rings is 3. The molecule has 2 amide bonds. The van der Waals surface area contributed by atoms with E-state index in [9.17, 15) is 14.4 Å². The topological polar surface area (TPSA) is 83.8 Å². The second kappa shape index (κ2) is 10.7. The van der Waals surface area contributed by atoms with Crippen LogP contribution >= 0.6 is 11.6 Å². The highest BCUT2D eigenvalue weighted by molar-refractivity contribution is 6.30. The molecule has 1 saturated heterocycles. The van der Waals surface area contributed by atoms with Crippen molar-refractivity contribution in [3.8, 4) is 6.19 Å². The van der Waals surface area contributed by atoms with Crippen molar-refractivity contribution >= 4 is 35.0 Å². The first-order chi connectivity index (χ1) is 16.5. The fraction of sp³-hybridized carbons (Fsp3) is 0.160. The molecule has 1 heterocycles. The number of carbonyl (C=O) groups is 1. The molecule has 0 aliphatic carbocycles. The Kier molecular flexibility index (Phi) is 7.25. The van der Waals surface area contributed by atoms with Gasteiger partial charge >= 0.3 is 6.03 Å². The van der Waals surface area contributed by atoms with Crippen molar-refractivity contribution in [2.24, 2.45) is 4.99 Å². The van der Waals surface area contributed by atoms with E-state index < -0.39 is 5.82 Å². The van der Waals surface area contributed by atoms with E-state index >= 15 is 0 Å². The number of hydrogen-bond donors (Lipinski definition) is 2. The summed E-state index contributed by atoms with van der Waals surface area (Å²) in [7, 11) is 0. The third-order valence-corrected chi connectivity index (χ3v) is 5.71. The van der Waals surface area contributed by atoms with E-state index in [-0.39, 0.29) is 12.1 Å². The predicted octanol–water partition coefficient (Wildman–Crippen LogP) is 5.32. The number of hydrogen-bond acceptors (Lipinski definition) is 3. The minimum atomic E-state index is -0.396. The summed E-state index contributed by atoms with van der Waals surface area (Å²) in [5.74, 6) is -0.0982. The third-order valence-electron chi connectivity index (χ3n) is 5.46. The molecule has 4 rings (SSSR count). The molecule has 9 heteroatoms. The van der Waals surface area contributed by atoms with Gasteiger partial charge in [0.1, 0.15) is 5.82 Å². The van der Waals surface area contributed by atoms with Crippen molar-refractivity contribution in [1.82, 2.24) is 9.80 Å². The maximum Gasteiger partial charge on any atom is 0.322 e. The zero-order valence-corrected chi connectivity index (χ0v) is 18.9. The Morgan fingerprint density at radius 2 is 1.76 bits per heavy atom. The normalized spacial score (nSPS) is 16.0. The Morgan fingerprint density at radius 3 is 2.47 bits per heavy atom. The van der Waals surface area contributed by atoms with Crippen LogP contribution in [0.4, 0.5) is 20.6 Å². The quantitative estimate of drug-likeness (QED) is 0.304. The summed E-state index contributed by atoms with van der Waals surface area (Å²) in [6.07, 6.45) is 1.81. The summed E-state index contributed by atoms with van der Waals surface area (Å²) in [5, 5.41) is 15.8. The molecule has 172 valence electrons. The van der Waals surface area contributed by atoms with E-state index in [1.165, 1.54) is 12.1 Å². The first kappa shape index (κ1) is 23.1. The summed E-state index contributed by atoms with van der Waals surface area (Å²) in [5.41, 5.74) is 2.07. The lowest BCUT2D eigenvalue weighted by Crippen LogP contribution is -2.54. The molecule has 0 bridgehead atoms. The summed E-state index contributed by atoms with van der Waals surface area (Å²) in [6, 6.07) is 22.0. The van der Waals surface area contributed by atoms with Crippen LogP contribution < -0.4 is 10.6 Å². The molecule has 34 heavy (non-hydrogen) atoms. The molecule has 0 spiro atoms. The van der Waals surface area contributed by atoms with Gasteiger partial charge in [-0.3, -0.25) is 0 Å². The number of anilines is 2. The average molecular weight is 477 g/mol. The molecule has 3 aromatic rings. The van der Waals surface area contributed by atoms with Crippen molar-refractivity contribution in [2.75, 3.05) is 30.3 Å².